The van der Waals surface area contributed by atoms with E-state index in [-0.39, 0.29) is 0 Å². The Labute approximate surface area is 127 Å². The molecule has 0 aliphatic heterocycles. The SMILES string of the molecule is COCCOCCOCCN(CCOC)CCC(N)=S. The summed E-state index contributed by atoms with van der Waals surface area (Å²) in [6.45, 7) is 6.29. The molecule has 0 unspecified atom stereocenters. The minimum Gasteiger partial charge on any atom is -0.393 e. The minimum atomic E-state index is 0.542. The Kier molecular flexibility index (Phi) is 14.9. The van der Waals surface area contributed by atoms with Gasteiger partial charge in [0.2, 0.25) is 0 Å². The molecule has 6 nitrogen and oxygen atoms in total. The van der Waals surface area contributed by atoms with E-state index in [0.29, 0.717) is 44.6 Å². The van der Waals surface area contributed by atoms with Gasteiger partial charge in [-0.05, 0) is 0 Å². The van der Waals surface area contributed by atoms with Crippen LogP contribution in [-0.2, 0) is 18.9 Å². The van der Waals surface area contributed by atoms with E-state index in [1.165, 1.54) is 0 Å². The third kappa shape index (κ3) is 14.1. The number of ether oxygens (including phenoxy) is 4. The van der Waals surface area contributed by atoms with Gasteiger partial charge in [0.25, 0.3) is 0 Å². The van der Waals surface area contributed by atoms with Crippen molar-refractivity contribution in [2.75, 3.05) is 73.5 Å². The number of thiocarbonyl (C=S) groups is 1. The Morgan fingerprint density at radius 3 is 2.00 bits per heavy atom. The van der Waals surface area contributed by atoms with Crippen LogP contribution in [-0.4, -0.2) is 83.4 Å². The summed E-state index contributed by atoms with van der Waals surface area (Å²) in [5.41, 5.74) is 5.52. The second-order valence-electron chi connectivity index (χ2n) is 4.27. The molecular weight excluding hydrogens is 280 g/mol. The zero-order valence-corrected chi connectivity index (χ0v) is 13.5. The van der Waals surface area contributed by atoms with Gasteiger partial charge in [-0.15, -0.1) is 0 Å². The highest BCUT2D eigenvalue weighted by Crippen LogP contribution is 1.93. The molecule has 0 spiro atoms. The molecule has 20 heavy (non-hydrogen) atoms. The molecule has 0 bridgehead atoms. The number of rotatable bonds is 15. The van der Waals surface area contributed by atoms with Crippen LogP contribution >= 0.6 is 12.2 Å². The molecule has 120 valence electrons. The van der Waals surface area contributed by atoms with Crippen molar-refractivity contribution in [2.24, 2.45) is 5.73 Å². The summed E-state index contributed by atoms with van der Waals surface area (Å²) in [7, 11) is 3.35. The van der Waals surface area contributed by atoms with Gasteiger partial charge in [0.05, 0.1) is 44.6 Å². The highest BCUT2D eigenvalue weighted by atomic mass is 32.1. The Hall–Kier alpha value is -0.310. The molecule has 0 aromatic carbocycles. The Balaban J connectivity index is 3.54. The van der Waals surface area contributed by atoms with Crippen molar-refractivity contribution in [3.63, 3.8) is 0 Å². The average molecular weight is 308 g/mol. The largest absolute Gasteiger partial charge is 0.393 e. The van der Waals surface area contributed by atoms with Crippen LogP contribution in [0.15, 0.2) is 0 Å². The van der Waals surface area contributed by atoms with Crippen molar-refractivity contribution in [3.8, 4) is 0 Å². The van der Waals surface area contributed by atoms with E-state index < -0.39 is 0 Å². The Morgan fingerprint density at radius 1 is 0.850 bits per heavy atom. The summed E-state index contributed by atoms with van der Waals surface area (Å²) in [5, 5.41) is 0. The number of nitrogens with two attached hydrogens (primary N) is 1. The number of hydrogen-bond donors (Lipinski definition) is 1. The lowest BCUT2D eigenvalue weighted by atomic mass is 10.3. The Bertz CT molecular complexity index is 232. The van der Waals surface area contributed by atoms with E-state index in [1.54, 1.807) is 14.2 Å². The summed E-state index contributed by atoms with van der Waals surface area (Å²) in [6, 6.07) is 0. The van der Waals surface area contributed by atoms with Gasteiger partial charge in [-0.3, -0.25) is 4.90 Å². The van der Waals surface area contributed by atoms with Gasteiger partial charge in [-0.2, -0.15) is 0 Å². The fourth-order valence-electron chi connectivity index (χ4n) is 1.48. The van der Waals surface area contributed by atoms with Gasteiger partial charge < -0.3 is 24.7 Å². The number of hydrogen-bond acceptors (Lipinski definition) is 6. The van der Waals surface area contributed by atoms with E-state index in [9.17, 15) is 0 Å². The molecule has 0 atom stereocenters. The lowest BCUT2D eigenvalue weighted by molar-refractivity contribution is 0.0182. The monoisotopic (exact) mass is 308 g/mol. The summed E-state index contributed by atoms with van der Waals surface area (Å²) >= 11 is 4.89. The first-order valence-electron chi connectivity index (χ1n) is 6.84. The smallest absolute Gasteiger partial charge is 0.0740 e. The van der Waals surface area contributed by atoms with Crippen molar-refractivity contribution in [2.45, 2.75) is 6.42 Å². The second kappa shape index (κ2) is 15.1. The zero-order chi connectivity index (χ0) is 15.1. The van der Waals surface area contributed by atoms with Crippen molar-refractivity contribution in [1.29, 1.82) is 0 Å². The first-order chi connectivity index (χ1) is 9.70. The second-order valence-corrected chi connectivity index (χ2v) is 4.79. The van der Waals surface area contributed by atoms with Crippen molar-refractivity contribution >= 4 is 17.2 Å². The lowest BCUT2D eigenvalue weighted by Gasteiger charge is -2.21. The van der Waals surface area contributed by atoms with Gasteiger partial charge in [-0.1, -0.05) is 12.2 Å². The topological polar surface area (TPSA) is 66.2 Å². The molecule has 0 saturated carbocycles. The molecule has 0 saturated heterocycles. The summed E-state index contributed by atoms with van der Waals surface area (Å²) in [5.74, 6) is 0. The van der Waals surface area contributed by atoms with Crippen LogP contribution in [0.1, 0.15) is 6.42 Å². The molecule has 0 aromatic rings. The van der Waals surface area contributed by atoms with E-state index in [0.717, 1.165) is 26.1 Å². The quantitative estimate of drug-likeness (QED) is 0.344. The molecule has 0 heterocycles. The van der Waals surface area contributed by atoms with Crippen LogP contribution in [0, 0.1) is 0 Å². The predicted molar refractivity (Wildman–Crippen MR) is 83.2 cm³/mol. The number of methoxy groups -OCH3 is 2. The van der Waals surface area contributed by atoms with Gasteiger partial charge in [-0.25, -0.2) is 0 Å². The summed E-state index contributed by atoms with van der Waals surface area (Å²) in [6.07, 6.45) is 0.721. The molecule has 0 radical (unpaired) electrons. The highest BCUT2D eigenvalue weighted by Gasteiger charge is 2.05. The maximum atomic E-state index is 5.52. The van der Waals surface area contributed by atoms with Crippen LogP contribution in [0.4, 0.5) is 0 Å². The molecule has 0 aromatic heterocycles. The molecule has 0 rings (SSSR count). The maximum Gasteiger partial charge on any atom is 0.0740 e. The van der Waals surface area contributed by atoms with E-state index in [1.807, 2.05) is 0 Å². The maximum absolute atomic E-state index is 5.52. The van der Waals surface area contributed by atoms with E-state index >= 15 is 0 Å². The van der Waals surface area contributed by atoms with Crippen LogP contribution < -0.4 is 5.73 Å². The lowest BCUT2D eigenvalue weighted by Crippen LogP contribution is -2.33. The van der Waals surface area contributed by atoms with Crippen molar-refractivity contribution in [1.82, 2.24) is 4.90 Å². The third-order valence-electron chi connectivity index (χ3n) is 2.64. The zero-order valence-electron chi connectivity index (χ0n) is 12.6. The Morgan fingerprint density at radius 2 is 1.40 bits per heavy atom. The fourth-order valence-corrected chi connectivity index (χ4v) is 1.57. The average Bonchev–Trinajstić information content (AvgIpc) is 2.43. The normalized spacial score (nSPS) is 11.2. The molecular formula is C13H28N2O4S. The van der Waals surface area contributed by atoms with Crippen LogP contribution in [0.3, 0.4) is 0 Å². The third-order valence-corrected chi connectivity index (χ3v) is 2.85. The first kappa shape index (κ1) is 19.7. The molecule has 0 fully saturated rings. The first-order valence-corrected chi connectivity index (χ1v) is 7.25. The molecule has 0 aliphatic rings. The van der Waals surface area contributed by atoms with Crippen molar-refractivity contribution in [3.05, 3.63) is 0 Å². The predicted octanol–water partition coefficient (Wildman–Crippen LogP) is 0.291. The van der Waals surface area contributed by atoms with Crippen molar-refractivity contribution < 1.29 is 18.9 Å². The summed E-state index contributed by atoms with van der Waals surface area (Å²) < 4.78 is 20.8. The molecule has 0 amide bonds. The van der Waals surface area contributed by atoms with Gasteiger partial charge in [0.15, 0.2) is 0 Å². The molecule has 0 aliphatic carbocycles. The van der Waals surface area contributed by atoms with Crippen LogP contribution in [0.5, 0.6) is 0 Å². The van der Waals surface area contributed by atoms with E-state index in [4.69, 9.17) is 36.9 Å². The molecule has 7 heteroatoms. The standard InChI is InChI=1S/C13H28N2O4S/c1-16-7-5-15(4-3-13(14)20)6-8-18-11-12-19-10-9-17-2/h3-12H2,1-2H3,(H2,14,20). The van der Waals surface area contributed by atoms with Gasteiger partial charge in [0, 0.05) is 40.3 Å². The van der Waals surface area contributed by atoms with Gasteiger partial charge >= 0.3 is 0 Å². The van der Waals surface area contributed by atoms with Gasteiger partial charge in [0.1, 0.15) is 0 Å². The minimum absolute atomic E-state index is 0.542. The summed E-state index contributed by atoms with van der Waals surface area (Å²) in [4.78, 5) is 2.77. The van der Waals surface area contributed by atoms with E-state index in [2.05, 4.69) is 4.90 Å². The number of nitrogens with zero attached hydrogens (tertiary/aromatic N) is 1. The molecule has 2 N–H and O–H groups in total. The fraction of sp³-hybridized carbons (Fsp3) is 0.923. The highest BCUT2D eigenvalue weighted by molar-refractivity contribution is 7.80. The van der Waals surface area contributed by atoms with Crippen LogP contribution in [0.2, 0.25) is 0 Å². The van der Waals surface area contributed by atoms with Crippen LogP contribution in [0.25, 0.3) is 0 Å².